The average molecular weight is 216 g/mol. The van der Waals surface area contributed by atoms with Crippen LogP contribution < -0.4 is 0 Å². The van der Waals surface area contributed by atoms with E-state index in [4.69, 9.17) is 16.7 Å². The van der Waals surface area contributed by atoms with Gasteiger partial charge in [-0.15, -0.1) is 11.6 Å². The Bertz CT molecular complexity index is 199. The monoisotopic (exact) mass is 215 g/mol. The Hall–Kier alpha value is 0.160. The Morgan fingerprint density at radius 2 is 2.00 bits per heavy atom. The summed E-state index contributed by atoms with van der Waals surface area (Å²) in [5, 5.41) is 8.15. The van der Waals surface area contributed by atoms with Crippen LogP contribution in [0.2, 0.25) is 0 Å². The molecule has 0 aromatic heterocycles. The van der Waals surface area contributed by atoms with E-state index < -0.39 is 15.2 Å². The van der Waals surface area contributed by atoms with Gasteiger partial charge in [0.25, 0.3) is 0 Å². The van der Waals surface area contributed by atoms with Crippen molar-refractivity contribution >= 4 is 21.6 Å². The SMILES string of the molecule is CCCN(CCO)S(=O)(=O)CCl. The molecule has 0 unspecified atom stereocenters. The van der Waals surface area contributed by atoms with Crippen LogP contribution in [0, 0.1) is 0 Å². The number of nitrogens with zero attached hydrogens (tertiary/aromatic N) is 1. The third-order valence-electron chi connectivity index (χ3n) is 1.35. The van der Waals surface area contributed by atoms with Crippen molar-refractivity contribution < 1.29 is 13.5 Å². The van der Waals surface area contributed by atoms with Gasteiger partial charge < -0.3 is 5.11 Å². The van der Waals surface area contributed by atoms with Gasteiger partial charge in [-0.1, -0.05) is 6.92 Å². The fourth-order valence-corrected chi connectivity index (χ4v) is 2.19. The Morgan fingerprint density at radius 3 is 2.33 bits per heavy atom. The molecule has 0 spiro atoms. The van der Waals surface area contributed by atoms with Gasteiger partial charge in [0, 0.05) is 13.1 Å². The highest BCUT2D eigenvalue weighted by molar-refractivity contribution is 7.90. The smallest absolute Gasteiger partial charge is 0.228 e. The number of rotatable bonds is 6. The fraction of sp³-hybridized carbons (Fsp3) is 1.00. The zero-order valence-electron chi connectivity index (χ0n) is 7.03. The summed E-state index contributed by atoms with van der Waals surface area (Å²) in [7, 11) is -3.35. The Labute approximate surface area is 78.2 Å². The average Bonchev–Trinajstić information content (AvgIpc) is 2.04. The third-order valence-corrected chi connectivity index (χ3v) is 3.61. The zero-order chi connectivity index (χ0) is 9.61. The molecule has 0 rings (SSSR count). The normalized spacial score (nSPS) is 12.3. The second-order valence-corrected chi connectivity index (χ2v) is 4.90. The molecule has 0 bridgehead atoms. The lowest BCUT2D eigenvalue weighted by molar-refractivity contribution is 0.254. The molecule has 74 valence electrons. The van der Waals surface area contributed by atoms with E-state index in [9.17, 15) is 8.42 Å². The van der Waals surface area contributed by atoms with E-state index >= 15 is 0 Å². The molecule has 0 aliphatic carbocycles. The molecule has 0 heterocycles. The maximum absolute atomic E-state index is 11.2. The van der Waals surface area contributed by atoms with Crippen LogP contribution in [0.15, 0.2) is 0 Å². The summed E-state index contributed by atoms with van der Waals surface area (Å²) in [4.78, 5) is 0. The highest BCUT2D eigenvalue weighted by atomic mass is 35.5. The zero-order valence-corrected chi connectivity index (χ0v) is 8.61. The second kappa shape index (κ2) is 5.75. The van der Waals surface area contributed by atoms with Gasteiger partial charge in [0.05, 0.1) is 6.61 Å². The molecule has 4 nitrogen and oxygen atoms in total. The van der Waals surface area contributed by atoms with Gasteiger partial charge in [-0.3, -0.25) is 0 Å². The summed E-state index contributed by atoms with van der Waals surface area (Å²) in [5.41, 5.74) is 0. The Morgan fingerprint density at radius 1 is 1.42 bits per heavy atom. The molecule has 0 saturated heterocycles. The van der Waals surface area contributed by atoms with E-state index in [2.05, 4.69) is 0 Å². The van der Waals surface area contributed by atoms with Crippen LogP contribution in [-0.2, 0) is 10.0 Å². The lowest BCUT2D eigenvalue weighted by atomic mass is 10.5. The van der Waals surface area contributed by atoms with Gasteiger partial charge in [0.15, 0.2) is 0 Å². The lowest BCUT2D eigenvalue weighted by Crippen LogP contribution is -2.34. The summed E-state index contributed by atoms with van der Waals surface area (Å²) in [6.07, 6.45) is 0.718. The molecule has 0 aliphatic heterocycles. The number of aliphatic hydroxyl groups excluding tert-OH is 1. The summed E-state index contributed by atoms with van der Waals surface area (Å²) in [6, 6.07) is 0. The molecule has 0 atom stereocenters. The number of hydrogen-bond donors (Lipinski definition) is 1. The maximum Gasteiger partial charge on any atom is 0.228 e. The predicted octanol–water partition coefficient (Wildman–Crippen LogP) is 0.217. The Kier molecular flexibility index (Phi) is 5.82. The van der Waals surface area contributed by atoms with Gasteiger partial charge in [0.1, 0.15) is 5.21 Å². The second-order valence-electron chi connectivity index (χ2n) is 2.34. The van der Waals surface area contributed by atoms with Crippen LogP contribution in [0.4, 0.5) is 0 Å². The minimum absolute atomic E-state index is 0.128. The topological polar surface area (TPSA) is 57.6 Å². The van der Waals surface area contributed by atoms with Gasteiger partial charge in [0.2, 0.25) is 10.0 Å². The maximum atomic E-state index is 11.2. The summed E-state index contributed by atoms with van der Waals surface area (Å²) < 4.78 is 23.5. The first-order chi connectivity index (χ1) is 5.58. The van der Waals surface area contributed by atoms with Crippen LogP contribution in [0.3, 0.4) is 0 Å². The quantitative estimate of drug-likeness (QED) is 0.645. The molecule has 0 saturated carbocycles. The van der Waals surface area contributed by atoms with E-state index in [1.807, 2.05) is 6.92 Å². The van der Waals surface area contributed by atoms with Crippen LogP contribution in [0.5, 0.6) is 0 Å². The molecular formula is C6H14ClNO3S. The Balaban J connectivity index is 4.28. The van der Waals surface area contributed by atoms with Gasteiger partial charge >= 0.3 is 0 Å². The minimum atomic E-state index is -3.35. The van der Waals surface area contributed by atoms with Crippen molar-refractivity contribution in [3.05, 3.63) is 0 Å². The van der Waals surface area contributed by atoms with E-state index in [1.54, 1.807) is 0 Å². The first kappa shape index (κ1) is 12.2. The van der Waals surface area contributed by atoms with Crippen LogP contribution >= 0.6 is 11.6 Å². The molecule has 6 heteroatoms. The first-order valence-electron chi connectivity index (χ1n) is 3.73. The van der Waals surface area contributed by atoms with Gasteiger partial charge in [-0.05, 0) is 6.42 Å². The van der Waals surface area contributed by atoms with Crippen molar-refractivity contribution in [2.75, 3.05) is 24.9 Å². The molecule has 0 aliphatic rings. The minimum Gasteiger partial charge on any atom is -0.395 e. The fourth-order valence-electron chi connectivity index (χ4n) is 0.820. The highest BCUT2D eigenvalue weighted by Crippen LogP contribution is 2.03. The van der Waals surface area contributed by atoms with E-state index in [-0.39, 0.29) is 13.2 Å². The van der Waals surface area contributed by atoms with E-state index in [0.717, 1.165) is 6.42 Å². The van der Waals surface area contributed by atoms with E-state index in [1.165, 1.54) is 4.31 Å². The van der Waals surface area contributed by atoms with Gasteiger partial charge in [-0.25, -0.2) is 8.42 Å². The van der Waals surface area contributed by atoms with Crippen molar-refractivity contribution in [1.29, 1.82) is 0 Å². The predicted molar refractivity (Wildman–Crippen MR) is 48.6 cm³/mol. The number of alkyl halides is 1. The highest BCUT2D eigenvalue weighted by Gasteiger charge is 2.18. The molecule has 0 aromatic rings. The number of sulfonamides is 1. The van der Waals surface area contributed by atoms with Crippen LogP contribution in [0.25, 0.3) is 0 Å². The third kappa shape index (κ3) is 3.71. The molecule has 0 aromatic carbocycles. The summed E-state index contributed by atoms with van der Waals surface area (Å²) in [6.45, 7) is 2.24. The number of halogens is 1. The summed E-state index contributed by atoms with van der Waals surface area (Å²) in [5.74, 6) is 0. The van der Waals surface area contributed by atoms with Crippen molar-refractivity contribution in [2.45, 2.75) is 13.3 Å². The molecule has 1 N–H and O–H groups in total. The lowest BCUT2D eigenvalue weighted by Gasteiger charge is -2.18. The van der Waals surface area contributed by atoms with Crippen LogP contribution in [0.1, 0.15) is 13.3 Å². The van der Waals surface area contributed by atoms with Crippen molar-refractivity contribution in [3.8, 4) is 0 Å². The summed E-state index contributed by atoms with van der Waals surface area (Å²) >= 11 is 5.25. The largest absolute Gasteiger partial charge is 0.395 e. The van der Waals surface area contributed by atoms with Gasteiger partial charge in [-0.2, -0.15) is 4.31 Å². The molecule has 0 fully saturated rings. The van der Waals surface area contributed by atoms with E-state index in [0.29, 0.717) is 6.54 Å². The van der Waals surface area contributed by atoms with Crippen molar-refractivity contribution in [2.24, 2.45) is 0 Å². The first-order valence-corrected chi connectivity index (χ1v) is 5.87. The van der Waals surface area contributed by atoms with Crippen molar-refractivity contribution in [3.63, 3.8) is 0 Å². The van der Waals surface area contributed by atoms with Crippen LogP contribution in [-0.4, -0.2) is 42.7 Å². The molecule has 0 amide bonds. The standard InChI is InChI=1S/C6H14ClNO3S/c1-2-3-8(4-5-9)12(10,11)6-7/h9H,2-6H2,1H3. The molecular weight excluding hydrogens is 202 g/mol. The molecule has 12 heavy (non-hydrogen) atoms. The van der Waals surface area contributed by atoms with Crippen molar-refractivity contribution in [1.82, 2.24) is 4.31 Å². The molecule has 0 radical (unpaired) electrons. The number of hydrogen-bond acceptors (Lipinski definition) is 3. The number of aliphatic hydroxyl groups is 1.